The summed E-state index contributed by atoms with van der Waals surface area (Å²) in [5.74, 6) is 1.03. The summed E-state index contributed by atoms with van der Waals surface area (Å²) in [7, 11) is -3.49. The van der Waals surface area contributed by atoms with E-state index < -0.39 is 10.0 Å². The Morgan fingerprint density at radius 2 is 1.59 bits per heavy atom. The first kappa shape index (κ1) is 20.5. The first-order chi connectivity index (χ1) is 15.6. The molecule has 32 heavy (non-hydrogen) atoms. The number of azo groups is 1. The minimum absolute atomic E-state index is 0.289. The van der Waals surface area contributed by atoms with Gasteiger partial charge in [-0.05, 0) is 43.2 Å². The quantitative estimate of drug-likeness (QED) is 0.404. The van der Waals surface area contributed by atoms with Crippen LogP contribution in [0.5, 0.6) is 0 Å². The molecule has 8 nitrogen and oxygen atoms in total. The summed E-state index contributed by atoms with van der Waals surface area (Å²) in [6.45, 7) is 1.15. The van der Waals surface area contributed by atoms with Crippen molar-refractivity contribution in [1.29, 1.82) is 0 Å². The third-order valence-electron chi connectivity index (χ3n) is 5.48. The van der Waals surface area contributed by atoms with Crippen LogP contribution in [0, 0.1) is 0 Å². The van der Waals surface area contributed by atoms with Gasteiger partial charge in [0.05, 0.1) is 10.6 Å². The zero-order chi connectivity index (χ0) is 22.0. The summed E-state index contributed by atoms with van der Waals surface area (Å²) in [5.41, 5.74) is 2.06. The third kappa shape index (κ3) is 3.92. The number of sulfonamides is 1. The number of nitrogens with zero attached hydrogens (tertiary/aromatic N) is 6. The Morgan fingerprint density at radius 3 is 2.34 bits per heavy atom. The molecular formula is C23H22N6O2S. The second kappa shape index (κ2) is 8.60. The maximum Gasteiger partial charge on any atom is 0.243 e. The van der Waals surface area contributed by atoms with Gasteiger partial charge in [-0.3, -0.25) is 4.40 Å². The van der Waals surface area contributed by atoms with E-state index in [1.807, 2.05) is 36.5 Å². The fraction of sp³-hybridized carbons (Fsp3) is 0.217. The molecule has 0 amide bonds. The molecule has 162 valence electrons. The van der Waals surface area contributed by atoms with Gasteiger partial charge in [-0.25, -0.2) is 18.4 Å². The highest BCUT2D eigenvalue weighted by Crippen LogP contribution is 2.32. The van der Waals surface area contributed by atoms with Crippen molar-refractivity contribution in [1.82, 2.24) is 18.7 Å². The molecule has 1 aliphatic rings. The van der Waals surface area contributed by atoms with E-state index in [2.05, 4.69) is 20.2 Å². The van der Waals surface area contributed by atoms with Gasteiger partial charge in [0.15, 0.2) is 5.82 Å². The first-order valence-corrected chi connectivity index (χ1v) is 12.0. The third-order valence-corrected chi connectivity index (χ3v) is 7.39. The molecule has 0 spiro atoms. The highest BCUT2D eigenvalue weighted by Gasteiger charge is 2.26. The van der Waals surface area contributed by atoms with E-state index >= 15 is 0 Å². The van der Waals surface area contributed by atoms with Crippen molar-refractivity contribution in [2.75, 3.05) is 13.1 Å². The fourth-order valence-electron chi connectivity index (χ4n) is 3.80. The number of rotatable bonds is 5. The van der Waals surface area contributed by atoms with Gasteiger partial charge in [0.2, 0.25) is 15.8 Å². The molecule has 0 N–H and O–H groups in total. The van der Waals surface area contributed by atoms with Crippen LogP contribution in [0.2, 0.25) is 0 Å². The second-order valence-corrected chi connectivity index (χ2v) is 9.54. The smallest absolute Gasteiger partial charge is 0.243 e. The Hall–Kier alpha value is -3.43. The van der Waals surface area contributed by atoms with Gasteiger partial charge in [-0.15, -0.1) is 10.2 Å². The number of piperidine rings is 1. The van der Waals surface area contributed by atoms with E-state index in [1.54, 1.807) is 45.2 Å². The van der Waals surface area contributed by atoms with Crippen LogP contribution in [0.4, 0.5) is 11.5 Å². The van der Waals surface area contributed by atoms with Crippen LogP contribution >= 0.6 is 0 Å². The molecule has 0 bridgehead atoms. The van der Waals surface area contributed by atoms with Crippen LogP contribution in [0.3, 0.4) is 0 Å². The molecule has 1 aliphatic heterocycles. The summed E-state index contributed by atoms with van der Waals surface area (Å²) in [6, 6.07) is 18.0. The van der Waals surface area contributed by atoms with Crippen LogP contribution in [-0.4, -0.2) is 40.2 Å². The second-order valence-electron chi connectivity index (χ2n) is 7.60. The maximum absolute atomic E-state index is 13.0. The monoisotopic (exact) mass is 446 g/mol. The summed E-state index contributed by atoms with van der Waals surface area (Å²) in [4.78, 5) is 9.21. The van der Waals surface area contributed by atoms with Gasteiger partial charge in [0.1, 0.15) is 5.69 Å². The lowest BCUT2D eigenvalue weighted by Gasteiger charge is -2.25. The van der Waals surface area contributed by atoms with Gasteiger partial charge in [-0.2, -0.15) is 4.31 Å². The van der Waals surface area contributed by atoms with E-state index in [1.165, 1.54) is 0 Å². The van der Waals surface area contributed by atoms with E-state index in [9.17, 15) is 8.42 Å². The normalized spacial score (nSPS) is 15.5. The Balaban J connectivity index is 1.53. The standard InChI is InChI=1S/C23H22N6O2S/c30-32(31,28-15-5-2-6-16-28)20-12-10-18(11-13-20)21-22(27-26-19-8-3-1-4-9-19)29-17-7-14-24-23(29)25-21/h1,3-4,7-14,17H,2,5-6,15-16H2. The number of hydrogen-bond acceptors (Lipinski definition) is 6. The molecule has 0 atom stereocenters. The van der Waals surface area contributed by atoms with Crippen LogP contribution in [-0.2, 0) is 10.0 Å². The molecule has 3 heterocycles. The van der Waals surface area contributed by atoms with Gasteiger partial charge in [-0.1, -0.05) is 36.8 Å². The topological polar surface area (TPSA) is 92.3 Å². The first-order valence-electron chi connectivity index (χ1n) is 10.5. The van der Waals surface area contributed by atoms with Crippen molar-refractivity contribution in [2.45, 2.75) is 24.2 Å². The number of imidazole rings is 1. The lowest BCUT2D eigenvalue weighted by molar-refractivity contribution is 0.346. The molecule has 0 saturated carbocycles. The predicted molar refractivity (Wildman–Crippen MR) is 122 cm³/mol. The Labute approximate surface area is 186 Å². The van der Waals surface area contributed by atoms with Crippen molar-refractivity contribution in [3.05, 3.63) is 73.1 Å². The van der Waals surface area contributed by atoms with E-state index in [4.69, 9.17) is 0 Å². The molecule has 2 aromatic heterocycles. The van der Waals surface area contributed by atoms with Gasteiger partial charge in [0.25, 0.3) is 0 Å². The van der Waals surface area contributed by atoms with Crippen LogP contribution in [0.25, 0.3) is 17.0 Å². The molecule has 4 aromatic rings. The summed E-state index contributed by atoms with van der Waals surface area (Å²) in [6.07, 6.45) is 6.38. The van der Waals surface area contributed by atoms with Crippen molar-refractivity contribution in [3.8, 4) is 11.3 Å². The molecule has 9 heteroatoms. The largest absolute Gasteiger partial charge is 0.266 e. The van der Waals surface area contributed by atoms with Crippen LogP contribution in [0.15, 0.2) is 88.2 Å². The number of aromatic nitrogens is 3. The lowest BCUT2D eigenvalue weighted by Crippen LogP contribution is -2.35. The summed E-state index contributed by atoms with van der Waals surface area (Å²) in [5, 5.41) is 8.78. The lowest BCUT2D eigenvalue weighted by atomic mass is 10.1. The number of benzene rings is 2. The average molecular weight is 447 g/mol. The maximum atomic E-state index is 13.0. The van der Waals surface area contributed by atoms with Gasteiger partial charge >= 0.3 is 0 Å². The SMILES string of the molecule is O=S(=O)(c1ccc(-c2nc3ncccn3c2N=Nc2ccccc2)cc1)N1CCCCC1. The molecule has 0 aliphatic carbocycles. The fourth-order valence-corrected chi connectivity index (χ4v) is 5.32. The zero-order valence-electron chi connectivity index (χ0n) is 17.4. The number of hydrogen-bond donors (Lipinski definition) is 0. The molecule has 0 unspecified atom stereocenters. The minimum Gasteiger partial charge on any atom is -0.266 e. The molecule has 0 radical (unpaired) electrons. The molecule has 5 rings (SSSR count). The number of fused-ring (bicyclic) bond motifs is 1. The predicted octanol–water partition coefficient (Wildman–Crippen LogP) is 4.99. The Morgan fingerprint density at radius 1 is 0.844 bits per heavy atom. The van der Waals surface area contributed by atoms with Crippen LogP contribution in [0.1, 0.15) is 19.3 Å². The van der Waals surface area contributed by atoms with Crippen molar-refractivity contribution < 1.29 is 8.42 Å². The molecular weight excluding hydrogens is 424 g/mol. The van der Waals surface area contributed by atoms with E-state index in [0.29, 0.717) is 30.4 Å². The van der Waals surface area contributed by atoms with Crippen molar-refractivity contribution in [2.24, 2.45) is 10.2 Å². The molecule has 1 fully saturated rings. The highest BCUT2D eigenvalue weighted by atomic mass is 32.2. The minimum atomic E-state index is -3.49. The summed E-state index contributed by atoms with van der Waals surface area (Å²) >= 11 is 0. The Bertz CT molecular complexity index is 1360. The van der Waals surface area contributed by atoms with Gasteiger partial charge in [0, 0.05) is 31.0 Å². The summed E-state index contributed by atoms with van der Waals surface area (Å²) < 4.78 is 29.3. The van der Waals surface area contributed by atoms with E-state index in [-0.39, 0.29) is 4.90 Å². The zero-order valence-corrected chi connectivity index (χ0v) is 18.2. The van der Waals surface area contributed by atoms with Crippen LogP contribution < -0.4 is 0 Å². The van der Waals surface area contributed by atoms with E-state index in [0.717, 1.165) is 30.5 Å². The highest BCUT2D eigenvalue weighted by molar-refractivity contribution is 7.89. The Kier molecular flexibility index (Phi) is 5.50. The van der Waals surface area contributed by atoms with Gasteiger partial charge < -0.3 is 0 Å². The van der Waals surface area contributed by atoms with Crippen molar-refractivity contribution >= 4 is 27.3 Å². The average Bonchev–Trinajstić information content (AvgIpc) is 3.22. The molecule has 1 saturated heterocycles. The van der Waals surface area contributed by atoms with Crippen molar-refractivity contribution in [3.63, 3.8) is 0 Å². The molecule has 2 aromatic carbocycles.